The van der Waals surface area contributed by atoms with Crippen molar-refractivity contribution in [3.05, 3.63) is 57.0 Å². The molecule has 0 aliphatic heterocycles. The van der Waals surface area contributed by atoms with Crippen LogP contribution >= 0.6 is 43.5 Å². The first-order valence-electron chi connectivity index (χ1n) is 5.94. The van der Waals surface area contributed by atoms with E-state index in [-0.39, 0.29) is 0 Å². The van der Waals surface area contributed by atoms with E-state index in [2.05, 4.69) is 31.9 Å². The van der Waals surface area contributed by atoms with E-state index in [0.29, 0.717) is 11.6 Å². The van der Waals surface area contributed by atoms with Gasteiger partial charge in [-0.2, -0.15) is 0 Å². The van der Waals surface area contributed by atoms with Crippen LogP contribution in [0.25, 0.3) is 0 Å². The van der Waals surface area contributed by atoms with Gasteiger partial charge in [0.1, 0.15) is 18.1 Å². The molecule has 5 heteroatoms. The molecule has 2 rings (SSSR count). The lowest BCUT2D eigenvalue weighted by Crippen LogP contribution is -2.01. The van der Waals surface area contributed by atoms with E-state index < -0.39 is 0 Å². The second-order valence-electron chi connectivity index (χ2n) is 4.11. The molecule has 106 valence electrons. The van der Waals surface area contributed by atoms with Gasteiger partial charge in [0.2, 0.25) is 0 Å². The Kier molecular flexibility index (Phi) is 5.75. The molecular formula is C15H13Br2ClO2. The van der Waals surface area contributed by atoms with Crippen molar-refractivity contribution < 1.29 is 9.47 Å². The van der Waals surface area contributed by atoms with Gasteiger partial charge in [0, 0.05) is 21.5 Å². The molecule has 0 unspecified atom stereocenters. The lowest BCUT2D eigenvalue weighted by molar-refractivity contribution is 0.293. The smallest absolute Gasteiger partial charge is 0.138 e. The van der Waals surface area contributed by atoms with Crippen molar-refractivity contribution in [3.63, 3.8) is 0 Å². The fourth-order valence-electron chi connectivity index (χ4n) is 1.83. The molecule has 0 fully saturated rings. The molecule has 0 saturated carbocycles. The molecule has 0 spiro atoms. The van der Waals surface area contributed by atoms with E-state index in [9.17, 15) is 0 Å². The van der Waals surface area contributed by atoms with Crippen molar-refractivity contribution in [2.45, 2.75) is 11.9 Å². The number of hydrogen-bond donors (Lipinski definition) is 0. The third-order valence-electron chi connectivity index (χ3n) is 2.81. The molecule has 2 aromatic rings. The number of ether oxygens (including phenoxy) is 2. The fourth-order valence-corrected chi connectivity index (χ4v) is 2.99. The van der Waals surface area contributed by atoms with Crippen LogP contribution in [0.5, 0.6) is 11.5 Å². The van der Waals surface area contributed by atoms with E-state index in [1.807, 2.05) is 30.3 Å². The number of rotatable bonds is 5. The second kappa shape index (κ2) is 7.34. The topological polar surface area (TPSA) is 18.5 Å². The predicted octanol–water partition coefficient (Wildman–Crippen LogP) is 5.59. The van der Waals surface area contributed by atoms with Crippen molar-refractivity contribution >= 4 is 43.5 Å². The van der Waals surface area contributed by atoms with Crippen molar-refractivity contribution in [1.82, 2.24) is 0 Å². The van der Waals surface area contributed by atoms with Gasteiger partial charge in [-0.25, -0.2) is 0 Å². The summed E-state index contributed by atoms with van der Waals surface area (Å²) in [5, 5.41) is 1.39. The molecule has 0 aromatic heterocycles. The molecule has 0 N–H and O–H groups in total. The fraction of sp³-hybridized carbons (Fsp3) is 0.200. The summed E-state index contributed by atoms with van der Waals surface area (Å²) < 4.78 is 12.2. The normalized spacial score (nSPS) is 10.4. The van der Waals surface area contributed by atoms with Crippen LogP contribution in [0.15, 0.2) is 40.9 Å². The summed E-state index contributed by atoms with van der Waals surface area (Å²) in [6, 6.07) is 11.4. The number of para-hydroxylation sites is 1. The highest BCUT2D eigenvalue weighted by Gasteiger charge is 2.10. The SMILES string of the molecule is COc1ccc(Cl)cc1COc1c(Br)cccc1CBr. The summed E-state index contributed by atoms with van der Waals surface area (Å²) in [5.41, 5.74) is 2.00. The van der Waals surface area contributed by atoms with Crippen LogP contribution in [-0.4, -0.2) is 7.11 Å². The van der Waals surface area contributed by atoms with Crippen molar-refractivity contribution in [2.24, 2.45) is 0 Å². The highest BCUT2D eigenvalue weighted by atomic mass is 79.9. The number of hydrogen-bond acceptors (Lipinski definition) is 2. The molecule has 0 aliphatic rings. The molecule has 20 heavy (non-hydrogen) atoms. The van der Waals surface area contributed by atoms with E-state index in [1.165, 1.54) is 0 Å². The molecule has 0 heterocycles. The Balaban J connectivity index is 2.23. The van der Waals surface area contributed by atoms with Gasteiger partial charge in [-0.15, -0.1) is 0 Å². The van der Waals surface area contributed by atoms with Crippen molar-refractivity contribution in [1.29, 1.82) is 0 Å². The third kappa shape index (κ3) is 3.68. The minimum absolute atomic E-state index is 0.395. The van der Waals surface area contributed by atoms with Crippen LogP contribution in [0, 0.1) is 0 Å². The largest absolute Gasteiger partial charge is 0.496 e. The lowest BCUT2D eigenvalue weighted by Gasteiger charge is -2.14. The Morgan fingerprint density at radius 3 is 2.65 bits per heavy atom. The van der Waals surface area contributed by atoms with Crippen LogP contribution in [0.4, 0.5) is 0 Å². The van der Waals surface area contributed by atoms with Gasteiger partial charge in [0.05, 0.1) is 11.6 Å². The molecule has 0 amide bonds. The summed E-state index contributed by atoms with van der Waals surface area (Å²) in [6.07, 6.45) is 0. The molecule has 0 atom stereocenters. The Labute approximate surface area is 140 Å². The highest BCUT2D eigenvalue weighted by molar-refractivity contribution is 9.10. The first-order valence-corrected chi connectivity index (χ1v) is 8.23. The summed E-state index contributed by atoms with van der Waals surface area (Å²) >= 11 is 13.0. The van der Waals surface area contributed by atoms with Gasteiger partial charge in [0.15, 0.2) is 0 Å². The Hall–Kier alpha value is -0.710. The summed E-state index contributed by atoms with van der Waals surface area (Å²) in [5.74, 6) is 1.59. The maximum atomic E-state index is 6.02. The zero-order chi connectivity index (χ0) is 14.5. The summed E-state index contributed by atoms with van der Waals surface area (Å²) in [6.45, 7) is 0.395. The number of methoxy groups -OCH3 is 1. The third-order valence-corrected chi connectivity index (χ3v) is 4.27. The number of halogens is 3. The number of alkyl halides is 1. The van der Waals surface area contributed by atoms with E-state index in [4.69, 9.17) is 21.1 Å². The average molecular weight is 421 g/mol. The Morgan fingerprint density at radius 2 is 1.95 bits per heavy atom. The molecular weight excluding hydrogens is 407 g/mol. The van der Waals surface area contributed by atoms with Crippen molar-refractivity contribution in [2.75, 3.05) is 7.11 Å². The highest BCUT2D eigenvalue weighted by Crippen LogP contribution is 2.32. The monoisotopic (exact) mass is 418 g/mol. The molecule has 0 radical (unpaired) electrons. The van der Waals surface area contributed by atoms with Crippen LogP contribution < -0.4 is 9.47 Å². The zero-order valence-electron chi connectivity index (χ0n) is 10.8. The minimum atomic E-state index is 0.395. The van der Waals surface area contributed by atoms with Gasteiger partial charge < -0.3 is 9.47 Å². The summed E-state index contributed by atoms with van der Waals surface area (Å²) in [4.78, 5) is 0. The average Bonchev–Trinajstić information content (AvgIpc) is 2.46. The zero-order valence-corrected chi connectivity index (χ0v) is 14.8. The number of benzene rings is 2. The van der Waals surface area contributed by atoms with Gasteiger partial charge in [-0.3, -0.25) is 0 Å². The Bertz CT molecular complexity index is 602. The minimum Gasteiger partial charge on any atom is -0.496 e. The maximum Gasteiger partial charge on any atom is 0.138 e. The van der Waals surface area contributed by atoms with E-state index in [1.54, 1.807) is 13.2 Å². The van der Waals surface area contributed by atoms with Crippen LogP contribution in [-0.2, 0) is 11.9 Å². The van der Waals surface area contributed by atoms with E-state index in [0.717, 1.165) is 32.4 Å². The second-order valence-corrected chi connectivity index (χ2v) is 5.96. The van der Waals surface area contributed by atoms with Crippen LogP contribution in [0.2, 0.25) is 5.02 Å². The molecule has 0 aliphatic carbocycles. The first-order chi connectivity index (χ1) is 9.65. The van der Waals surface area contributed by atoms with Gasteiger partial charge in [-0.05, 0) is 40.2 Å². The van der Waals surface area contributed by atoms with Crippen LogP contribution in [0.1, 0.15) is 11.1 Å². The molecule has 2 aromatic carbocycles. The summed E-state index contributed by atoms with van der Waals surface area (Å²) in [7, 11) is 1.63. The molecule has 2 nitrogen and oxygen atoms in total. The van der Waals surface area contributed by atoms with Crippen molar-refractivity contribution in [3.8, 4) is 11.5 Å². The van der Waals surface area contributed by atoms with Gasteiger partial charge in [0.25, 0.3) is 0 Å². The van der Waals surface area contributed by atoms with Crippen LogP contribution in [0.3, 0.4) is 0 Å². The standard InChI is InChI=1S/C15H13Br2ClO2/c1-19-14-6-5-12(18)7-11(14)9-20-15-10(8-16)3-2-4-13(15)17/h2-7H,8-9H2,1H3. The quantitative estimate of drug-likeness (QED) is 0.588. The predicted molar refractivity (Wildman–Crippen MR) is 89.1 cm³/mol. The maximum absolute atomic E-state index is 6.02. The lowest BCUT2D eigenvalue weighted by atomic mass is 10.2. The van der Waals surface area contributed by atoms with E-state index >= 15 is 0 Å². The first kappa shape index (κ1) is 15.7. The van der Waals surface area contributed by atoms with Gasteiger partial charge >= 0.3 is 0 Å². The Morgan fingerprint density at radius 1 is 1.15 bits per heavy atom. The molecule has 0 saturated heterocycles. The molecule has 0 bridgehead atoms. The van der Waals surface area contributed by atoms with Gasteiger partial charge in [-0.1, -0.05) is 39.7 Å².